The summed E-state index contributed by atoms with van der Waals surface area (Å²) >= 11 is 5.92. The van der Waals surface area contributed by atoms with E-state index in [9.17, 15) is 0 Å². The largest absolute Gasteiger partial charge is 0.310 e. The van der Waals surface area contributed by atoms with Crippen LogP contribution in [-0.2, 0) is 6.42 Å². The number of nitrogens with zero attached hydrogens (tertiary/aromatic N) is 1. The van der Waals surface area contributed by atoms with Gasteiger partial charge in [0.25, 0.3) is 0 Å². The van der Waals surface area contributed by atoms with Crippen molar-refractivity contribution < 1.29 is 0 Å². The summed E-state index contributed by atoms with van der Waals surface area (Å²) in [5.41, 5.74) is 1.69. The SMILES string of the molecule is CN(C)CC1(CCc2ccc(Cl)cc2)CCCN1. The molecule has 18 heavy (non-hydrogen) atoms. The molecule has 1 N–H and O–H groups in total. The van der Waals surface area contributed by atoms with Gasteiger partial charge in [-0.2, -0.15) is 0 Å². The lowest BCUT2D eigenvalue weighted by molar-refractivity contribution is 0.243. The molecular formula is C15H23ClN2. The van der Waals surface area contributed by atoms with Crippen LogP contribution in [0.5, 0.6) is 0 Å². The van der Waals surface area contributed by atoms with Gasteiger partial charge in [-0.3, -0.25) is 0 Å². The second kappa shape index (κ2) is 6.05. The van der Waals surface area contributed by atoms with Crippen molar-refractivity contribution in [2.24, 2.45) is 0 Å². The molecule has 1 aliphatic heterocycles. The molecule has 0 amide bonds. The first-order chi connectivity index (χ1) is 8.60. The Labute approximate surface area is 115 Å². The third kappa shape index (κ3) is 3.71. The second-order valence-electron chi connectivity index (χ2n) is 5.67. The molecule has 2 nitrogen and oxygen atoms in total. The highest BCUT2D eigenvalue weighted by Crippen LogP contribution is 2.26. The fourth-order valence-corrected chi connectivity index (χ4v) is 3.06. The minimum atomic E-state index is 0.309. The fraction of sp³-hybridized carbons (Fsp3) is 0.600. The Morgan fingerprint density at radius 1 is 1.28 bits per heavy atom. The predicted octanol–water partition coefficient (Wildman–Crippen LogP) is 2.96. The van der Waals surface area contributed by atoms with Gasteiger partial charge in [0.05, 0.1) is 0 Å². The van der Waals surface area contributed by atoms with Crippen molar-refractivity contribution in [1.29, 1.82) is 0 Å². The van der Waals surface area contributed by atoms with Gasteiger partial charge in [0, 0.05) is 17.1 Å². The van der Waals surface area contributed by atoms with Crippen LogP contribution in [0.1, 0.15) is 24.8 Å². The van der Waals surface area contributed by atoms with Gasteiger partial charge in [0.1, 0.15) is 0 Å². The topological polar surface area (TPSA) is 15.3 Å². The first kappa shape index (κ1) is 13.9. The molecule has 2 rings (SSSR count). The zero-order valence-electron chi connectivity index (χ0n) is 11.4. The van der Waals surface area contributed by atoms with E-state index in [4.69, 9.17) is 11.6 Å². The molecule has 3 heteroatoms. The van der Waals surface area contributed by atoms with Crippen molar-refractivity contribution >= 4 is 11.6 Å². The molecule has 1 atom stereocenters. The lowest BCUT2D eigenvalue weighted by atomic mass is 9.89. The molecule has 0 radical (unpaired) electrons. The van der Waals surface area contributed by atoms with Crippen LogP contribution < -0.4 is 5.32 Å². The third-order valence-corrected chi connectivity index (χ3v) is 4.01. The number of nitrogens with one attached hydrogen (secondary N) is 1. The average molecular weight is 267 g/mol. The maximum atomic E-state index is 5.92. The number of halogens is 1. The molecule has 0 saturated carbocycles. The number of likely N-dealkylation sites (N-methyl/N-ethyl adjacent to an activating group) is 1. The summed E-state index contributed by atoms with van der Waals surface area (Å²) in [6.07, 6.45) is 4.91. The normalized spacial score (nSPS) is 23.8. The van der Waals surface area contributed by atoms with Gasteiger partial charge in [-0.05, 0) is 64.0 Å². The van der Waals surface area contributed by atoms with E-state index in [1.165, 1.54) is 24.8 Å². The molecular weight excluding hydrogens is 244 g/mol. The Bertz CT molecular complexity index is 367. The maximum absolute atomic E-state index is 5.92. The number of hydrogen-bond acceptors (Lipinski definition) is 2. The second-order valence-corrected chi connectivity index (χ2v) is 6.11. The van der Waals surface area contributed by atoms with Crippen LogP contribution in [0.4, 0.5) is 0 Å². The van der Waals surface area contributed by atoms with Crippen LogP contribution in [0, 0.1) is 0 Å². The molecule has 100 valence electrons. The summed E-state index contributed by atoms with van der Waals surface area (Å²) in [4.78, 5) is 2.29. The van der Waals surface area contributed by atoms with E-state index in [1.54, 1.807) is 0 Å². The maximum Gasteiger partial charge on any atom is 0.0406 e. The van der Waals surface area contributed by atoms with Crippen LogP contribution in [0.3, 0.4) is 0 Å². The Morgan fingerprint density at radius 2 is 2.00 bits per heavy atom. The van der Waals surface area contributed by atoms with Crippen LogP contribution in [0.25, 0.3) is 0 Å². The van der Waals surface area contributed by atoms with E-state index in [0.29, 0.717) is 5.54 Å². The van der Waals surface area contributed by atoms with Crippen molar-refractivity contribution in [3.63, 3.8) is 0 Å². The van der Waals surface area contributed by atoms with Gasteiger partial charge in [0.2, 0.25) is 0 Å². The van der Waals surface area contributed by atoms with Gasteiger partial charge in [-0.1, -0.05) is 23.7 Å². The molecule has 1 aromatic carbocycles. The molecule has 0 aliphatic carbocycles. The monoisotopic (exact) mass is 266 g/mol. The van der Waals surface area contributed by atoms with Crippen molar-refractivity contribution in [1.82, 2.24) is 10.2 Å². The van der Waals surface area contributed by atoms with Gasteiger partial charge < -0.3 is 10.2 Å². The van der Waals surface area contributed by atoms with E-state index in [2.05, 4.69) is 36.4 Å². The number of benzene rings is 1. The minimum absolute atomic E-state index is 0.309. The van der Waals surface area contributed by atoms with E-state index in [1.807, 2.05) is 12.1 Å². The Hall–Kier alpha value is -0.570. The van der Waals surface area contributed by atoms with Crippen LogP contribution in [0.2, 0.25) is 5.02 Å². The average Bonchev–Trinajstić information content (AvgIpc) is 2.76. The highest BCUT2D eigenvalue weighted by atomic mass is 35.5. The van der Waals surface area contributed by atoms with Crippen molar-refractivity contribution in [3.8, 4) is 0 Å². The first-order valence-electron chi connectivity index (χ1n) is 6.74. The van der Waals surface area contributed by atoms with Gasteiger partial charge in [-0.25, -0.2) is 0 Å². The molecule has 1 saturated heterocycles. The Morgan fingerprint density at radius 3 is 2.56 bits per heavy atom. The van der Waals surface area contributed by atoms with Gasteiger partial charge >= 0.3 is 0 Å². The van der Waals surface area contributed by atoms with Gasteiger partial charge in [-0.15, -0.1) is 0 Å². The van der Waals surface area contributed by atoms with Crippen LogP contribution >= 0.6 is 11.6 Å². The highest BCUT2D eigenvalue weighted by Gasteiger charge is 2.33. The molecule has 1 aliphatic rings. The molecule has 1 heterocycles. The summed E-state index contributed by atoms with van der Waals surface area (Å²) in [6.45, 7) is 2.29. The van der Waals surface area contributed by atoms with Gasteiger partial charge in [0.15, 0.2) is 0 Å². The first-order valence-corrected chi connectivity index (χ1v) is 7.12. The lowest BCUT2D eigenvalue weighted by Gasteiger charge is -2.32. The zero-order valence-corrected chi connectivity index (χ0v) is 12.1. The van der Waals surface area contributed by atoms with E-state index >= 15 is 0 Å². The fourth-order valence-electron chi connectivity index (χ4n) is 2.94. The molecule has 0 bridgehead atoms. The number of rotatable bonds is 5. The number of hydrogen-bond donors (Lipinski definition) is 1. The number of aryl methyl sites for hydroxylation is 1. The van der Waals surface area contributed by atoms with E-state index in [0.717, 1.165) is 24.5 Å². The van der Waals surface area contributed by atoms with E-state index in [-0.39, 0.29) is 0 Å². The lowest BCUT2D eigenvalue weighted by Crippen LogP contribution is -2.48. The summed E-state index contributed by atoms with van der Waals surface area (Å²) in [6, 6.07) is 8.25. The molecule has 0 aromatic heterocycles. The minimum Gasteiger partial charge on any atom is -0.310 e. The quantitative estimate of drug-likeness (QED) is 0.882. The summed E-state index contributed by atoms with van der Waals surface area (Å²) < 4.78 is 0. The van der Waals surface area contributed by atoms with Crippen molar-refractivity contribution in [2.75, 3.05) is 27.2 Å². The third-order valence-electron chi connectivity index (χ3n) is 3.76. The molecule has 1 unspecified atom stereocenters. The Balaban J connectivity index is 1.95. The summed E-state index contributed by atoms with van der Waals surface area (Å²) in [5.74, 6) is 0. The summed E-state index contributed by atoms with van der Waals surface area (Å²) in [7, 11) is 4.31. The molecule has 0 spiro atoms. The Kier molecular flexibility index (Phi) is 4.66. The van der Waals surface area contributed by atoms with Crippen LogP contribution in [-0.4, -0.2) is 37.6 Å². The smallest absolute Gasteiger partial charge is 0.0406 e. The predicted molar refractivity (Wildman–Crippen MR) is 78.3 cm³/mol. The van der Waals surface area contributed by atoms with Crippen molar-refractivity contribution in [2.45, 2.75) is 31.2 Å². The summed E-state index contributed by atoms with van der Waals surface area (Å²) in [5, 5.41) is 4.54. The molecule has 1 fully saturated rings. The zero-order chi connectivity index (χ0) is 13.0. The molecule has 1 aromatic rings. The van der Waals surface area contributed by atoms with Crippen LogP contribution in [0.15, 0.2) is 24.3 Å². The van der Waals surface area contributed by atoms with E-state index < -0.39 is 0 Å². The highest BCUT2D eigenvalue weighted by molar-refractivity contribution is 6.30. The van der Waals surface area contributed by atoms with Crippen molar-refractivity contribution in [3.05, 3.63) is 34.9 Å². The standard InChI is InChI=1S/C15H23ClN2/c1-18(2)12-15(9-3-11-17-15)10-8-13-4-6-14(16)7-5-13/h4-7,17H,3,8-12H2,1-2H3.